The van der Waals surface area contributed by atoms with Gasteiger partial charge in [0, 0.05) is 50.1 Å². The molecule has 0 atom stereocenters. The van der Waals surface area contributed by atoms with Crippen molar-refractivity contribution in [1.29, 1.82) is 0 Å². The predicted octanol–water partition coefficient (Wildman–Crippen LogP) is 2.97. The van der Waals surface area contributed by atoms with Crippen molar-refractivity contribution in [2.24, 2.45) is 10.2 Å². The van der Waals surface area contributed by atoms with Gasteiger partial charge in [0.1, 0.15) is 5.82 Å². The van der Waals surface area contributed by atoms with Crippen LogP contribution in [0.2, 0.25) is 0 Å². The highest BCUT2D eigenvalue weighted by molar-refractivity contribution is 5.94. The number of ether oxygens (including phenoxy) is 2. The number of nitrogens with one attached hydrogen (secondary N) is 1. The number of carbonyl (C=O) groups excluding carboxylic acids is 1. The SMILES string of the molecule is CNC(=O)c1cccc(CN=Nc2cc(N3CCOCC3)nc(OCCc3ccccn3)n2)c1. The fraction of sp³-hybridized carbons (Fsp3) is 0.333. The molecule has 0 unspecified atom stereocenters. The van der Waals surface area contributed by atoms with E-state index >= 15 is 0 Å². The summed E-state index contributed by atoms with van der Waals surface area (Å²) in [5, 5.41) is 11.2. The summed E-state index contributed by atoms with van der Waals surface area (Å²) in [6.45, 7) is 3.45. The van der Waals surface area contributed by atoms with E-state index in [1.807, 2.05) is 30.3 Å². The number of hydrogen-bond acceptors (Lipinski definition) is 9. The standard InChI is InChI=1S/C24H27N7O3/c1-25-23(32)19-6-4-5-18(15-19)17-27-30-21-16-22(31-10-13-33-14-11-31)29-24(28-21)34-12-8-20-7-2-3-9-26-20/h2-7,9,15-16H,8,10-14,17H2,1H3,(H,25,32). The number of carbonyl (C=O) groups is 1. The summed E-state index contributed by atoms with van der Waals surface area (Å²) in [7, 11) is 1.60. The average molecular weight is 462 g/mol. The Morgan fingerprint density at radius 3 is 2.82 bits per heavy atom. The summed E-state index contributed by atoms with van der Waals surface area (Å²) < 4.78 is 11.3. The molecule has 1 N–H and O–H groups in total. The van der Waals surface area contributed by atoms with Gasteiger partial charge in [0.05, 0.1) is 26.4 Å². The number of aromatic nitrogens is 3. The van der Waals surface area contributed by atoms with E-state index in [0.717, 1.165) is 30.2 Å². The van der Waals surface area contributed by atoms with Gasteiger partial charge in [-0.05, 0) is 29.8 Å². The quantitative estimate of drug-likeness (QED) is 0.487. The molecule has 10 heteroatoms. The van der Waals surface area contributed by atoms with Crippen LogP contribution in [0, 0.1) is 0 Å². The van der Waals surface area contributed by atoms with Crippen LogP contribution < -0.4 is 15.0 Å². The molecule has 0 radical (unpaired) electrons. The number of pyridine rings is 1. The van der Waals surface area contributed by atoms with Gasteiger partial charge in [0.15, 0.2) is 5.82 Å². The minimum Gasteiger partial charge on any atom is -0.463 e. The first kappa shape index (κ1) is 23.2. The van der Waals surface area contributed by atoms with Crippen LogP contribution >= 0.6 is 0 Å². The van der Waals surface area contributed by atoms with Gasteiger partial charge >= 0.3 is 6.01 Å². The topological polar surface area (TPSA) is 114 Å². The van der Waals surface area contributed by atoms with E-state index in [9.17, 15) is 4.79 Å². The molecule has 34 heavy (non-hydrogen) atoms. The predicted molar refractivity (Wildman–Crippen MR) is 127 cm³/mol. The first-order valence-electron chi connectivity index (χ1n) is 11.1. The number of amides is 1. The van der Waals surface area contributed by atoms with E-state index in [-0.39, 0.29) is 11.9 Å². The van der Waals surface area contributed by atoms with Crippen molar-refractivity contribution in [3.63, 3.8) is 0 Å². The summed E-state index contributed by atoms with van der Waals surface area (Å²) in [5.41, 5.74) is 2.39. The number of nitrogens with zero attached hydrogens (tertiary/aromatic N) is 6. The molecule has 0 saturated carbocycles. The highest BCUT2D eigenvalue weighted by Gasteiger charge is 2.16. The largest absolute Gasteiger partial charge is 0.463 e. The molecular formula is C24H27N7O3. The second-order valence-electron chi connectivity index (χ2n) is 7.56. The molecule has 1 amide bonds. The number of rotatable bonds is 9. The number of benzene rings is 1. The van der Waals surface area contributed by atoms with Gasteiger partial charge in [-0.25, -0.2) is 0 Å². The molecule has 4 rings (SSSR count). The first-order chi connectivity index (χ1) is 16.7. The molecule has 0 aliphatic carbocycles. The van der Waals surface area contributed by atoms with Crippen LogP contribution in [-0.2, 0) is 17.7 Å². The summed E-state index contributed by atoms with van der Waals surface area (Å²) in [4.78, 5) is 27.3. The highest BCUT2D eigenvalue weighted by atomic mass is 16.5. The van der Waals surface area contributed by atoms with Gasteiger partial charge in [0.2, 0.25) is 0 Å². The second-order valence-corrected chi connectivity index (χ2v) is 7.56. The third-order valence-corrected chi connectivity index (χ3v) is 5.17. The Bertz CT molecular complexity index is 1120. The van der Waals surface area contributed by atoms with Crippen molar-refractivity contribution < 1.29 is 14.3 Å². The molecule has 0 bridgehead atoms. The van der Waals surface area contributed by atoms with E-state index in [1.54, 1.807) is 31.4 Å². The molecule has 3 heterocycles. The maximum absolute atomic E-state index is 11.8. The first-order valence-corrected chi connectivity index (χ1v) is 11.1. The molecule has 176 valence electrons. The average Bonchev–Trinajstić information content (AvgIpc) is 2.89. The van der Waals surface area contributed by atoms with Crippen molar-refractivity contribution in [1.82, 2.24) is 20.3 Å². The summed E-state index contributed by atoms with van der Waals surface area (Å²) in [6, 6.07) is 15.1. The molecule has 0 spiro atoms. The van der Waals surface area contributed by atoms with E-state index in [2.05, 4.69) is 35.4 Å². The van der Waals surface area contributed by atoms with Gasteiger partial charge in [0.25, 0.3) is 5.91 Å². The van der Waals surface area contributed by atoms with Gasteiger partial charge in [-0.3, -0.25) is 9.78 Å². The molecule has 1 saturated heterocycles. The molecule has 10 nitrogen and oxygen atoms in total. The van der Waals surface area contributed by atoms with E-state index in [0.29, 0.717) is 44.2 Å². The molecule has 1 aliphatic heterocycles. The maximum Gasteiger partial charge on any atom is 0.320 e. The lowest BCUT2D eigenvalue weighted by molar-refractivity contribution is 0.0963. The lowest BCUT2D eigenvalue weighted by Crippen LogP contribution is -2.36. The van der Waals surface area contributed by atoms with Crippen LogP contribution in [-0.4, -0.2) is 60.8 Å². The van der Waals surface area contributed by atoms with E-state index in [4.69, 9.17) is 9.47 Å². The van der Waals surface area contributed by atoms with Crippen molar-refractivity contribution in [3.8, 4) is 6.01 Å². The summed E-state index contributed by atoms with van der Waals surface area (Å²) in [5.74, 6) is 0.991. The van der Waals surface area contributed by atoms with Crippen molar-refractivity contribution in [2.75, 3.05) is 44.9 Å². The zero-order chi connectivity index (χ0) is 23.6. The van der Waals surface area contributed by atoms with Gasteiger partial charge in [-0.15, -0.1) is 5.11 Å². The Labute approximate surface area is 198 Å². The van der Waals surface area contributed by atoms with Crippen LogP contribution in [0.25, 0.3) is 0 Å². The van der Waals surface area contributed by atoms with Crippen LogP contribution in [0.3, 0.4) is 0 Å². The Balaban J connectivity index is 1.47. The fourth-order valence-corrected chi connectivity index (χ4v) is 3.41. The minimum atomic E-state index is -0.141. The Morgan fingerprint density at radius 1 is 1.15 bits per heavy atom. The smallest absolute Gasteiger partial charge is 0.320 e. The number of hydrogen-bond donors (Lipinski definition) is 1. The Hall–Kier alpha value is -3.92. The van der Waals surface area contributed by atoms with Crippen molar-refractivity contribution in [2.45, 2.75) is 13.0 Å². The molecule has 1 aliphatic rings. The second kappa shape index (κ2) is 11.8. The summed E-state index contributed by atoms with van der Waals surface area (Å²) in [6.07, 6.45) is 2.40. The lowest BCUT2D eigenvalue weighted by atomic mass is 10.1. The number of anilines is 1. The molecular weight excluding hydrogens is 434 g/mol. The van der Waals surface area contributed by atoms with Crippen LogP contribution in [0.1, 0.15) is 21.6 Å². The Kier molecular flexibility index (Phi) is 8.07. The minimum absolute atomic E-state index is 0.141. The van der Waals surface area contributed by atoms with E-state index in [1.165, 1.54) is 0 Å². The van der Waals surface area contributed by atoms with Crippen LogP contribution in [0.15, 0.2) is 65.0 Å². The third-order valence-electron chi connectivity index (χ3n) is 5.17. The van der Waals surface area contributed by atoms with Gasteiger partial charge in [-0.2, -0.15) is 15.1 Å². The van der Waals surface area contributed by atoms with Gasteiger partial charge in [-0.1, -0.05) is 18.2 Å². The number of morpholine rings is 1. The third kappa shape index (κ3) is 6.55. The van der Waals surface area contributed by atoms with Crippen molar-refractivity contribution >= 4 is 17.5 Å². The van der Waals surface area contributed by atoms with Crippen LogP contribution in [0.5, 0.6) is 6.01 Å². The van der Waals surface area contributed by atoms with Crippen molar-refractivity contribution in [3.05, 3.63) is 71.5 Å². The lowest BCUT2D eigenvalue weighted by Gasteiger charge is -2.27. The highest BCUT2D eigenvalue weighted by Crippen LogP contribution is 2.23. The fourth-order valence-electron chi connectivity index (χ4n) is 3.41. The normalized spacial score (nSPS) is 13.7. The number of azo groups is 1. The molecule has 2 aromatic heterocycles. The maximum atomic E-state index is 11.8. The zero-order valence-corrected chi connectivity index (χ0v) is 19.1. The van der Waals surface area contributed by atoms with E-state index < -0.39 is 0 Å². The zero-order valence-electron chi connectivity index (χ0n) is 19.1. The molecule has 3 aromatic rings. The Morgan fingerprint density at radius 2 is 2.03 bits per heavy atom. The van der Waals surface area contributed by atoms with Gasteiger partial charge < -0.3 is 19.7 Å². The monoisotopic (exact) mass is 461 g/mol. The summed E-state index contributed by atoms with van der Waals surface area (Å²) >= 11 is 0. The molecule has 1 fully saturated rings. The van der Waals surface area contributed by atoms with Crippen LogP contribution in [0.4, 0.5) is 11.6 Å². The molecule has 1 aromatic carbocycles.